The van der Waals surface area contributed by atoms with Crippen molar-refractivity contribution < 1.29 is 14.6 Å². The van der Waals surface area contributed by atoms with E-state index in [1.165, 1.54) is 0 Å². The van der Waals surface area contributed by atoms with Crippen LogP contribution in [0.5, 0.6) is 17.2 Å². The number of benzene rings is 3. The minimum atomic E-state index is -0.309. The molecule has 2 heterocycles. The topological polar surface area (TPSA) is 51.0 Å². The van der Waals surface area contributed by atoms with Gasteiger partial charge in [0.15, 0.2) is 0 Å². The lowest BCUT2D eigenvalue weighted by Crippen LogP contribution is -2.17. The Morgan fingerprint density at radius 1 is 1.09 bits per heavy atom. The van der Waals surface area contributed by atoms with Crippen LogP contribution in [-0.2, 0) is 0 Å². The molecule has 2 aliphatic rings. The van der Waals surface area contributed by atoms with Crippen LogP contribution in [0, 0.1) is 0 Å². The number of nitrogens with zero attached hydrogens (tertiary/aromatic N) is 1. The van der Waals surface area contributed by atoms with E-state index in [1.807, 2.05) is 42.6 Å². The quantitative estimate of drug-likeness (QED) is 0.453. The molecule has 0 saturated carbocycles. The maximum absolute atomic E-state index is 10.2. The van der Waals surface area contributed by atoms with E-state index < -0.39 is 0 Å². The standard InChI is InChI=1S/C29H27NO3/c1-3-17-32-23-12-10-20(11-13-23)29-27(21-7-6-8-22(31)18-21)19(2)28-24-9-4-5-16-30-25(24)14-15-26(28)33-29/h4,6-16,18,29,31H,3,5,17H2,1-2H3. The smallest absolute Gasteiger partial charge is 0.150 e. The monoisotopic (exact) mass is 437 g/mol. The fraction of sp³-hybridized carbons (Fsp3) is 0.207. The maximum atomic E-state index is 10.2. The molecule has 0 aliphatic carbocycles. The molecule has 4 nitrogen and oxygen atoms in total. The summed E-state index contributed by atoms with van der Waals surface area (Å²) in [4.78, 5) is 4.63. The van der Waals surface area contributed by atoms with Crippen molar-refractivity contribution in [3.05, 3.63) is 89.0 Å². The number of rotatable bonds is 5. The molecule has 1 N–H and O–H groups in total. The van der Waals surface area contributed by atoms with Gasteiger partial charge in [0.05, 0.1) is 12.3 Å². The molecule has 3 aromatic carbocycles. The van der Waals surface area contributed by atoms with Gasteiger partial charge < -0.3 is 14.6 Å². The summed E-state index contributed by atoms with van der Waals surface area (Å²) in [5.74, 6) is 1.93. The van der Waals surface area contributed by atoms with Gasteiger partial charge in [0.2, 0.25) is 0 Å². The molecule has 5 rings (SSSR count). The third kappa shape index (κ3) is 4.05. The van der Waals surface area contributed by atoms with Crippen LogP contribution in [0.2, 0.25) is 0 Å². The Kier molecular flexibility index (Phi) is 5.74. The van der Waals surface area contributed by atoms with Crippen molar-refractivity contribution in [2.24, 2.45) is 4.99 Å². The molecule has 0 radical (unpaired) electrons. The second kappa shape index (κ2) is 8.99. The molecule has 0 spiro atoms. The zero-order valence-corrected chi connectivity index (χ0v) is 18.9. The van der Waals surface area contributed by atoms with Crippen LogP contribution >= 0.6 is 0 Å². The fourth-order valence-corrected chi connectivity index (χ4v) is 4.50. The highest BCUT2D eigenvalue weighted by Crippen LogP contribution is 2.50. The van der Waals surface area contributed by atoms with Gasteiger partial charge in [-0.1, -0.05) is 43.3 Å². The molecular weight excluding hydrogens is 410 g/mol. The number of aromatic hydroxyl groups is 1. The number of phenolic OH excluding ortho intramolecular Hbond substituents is 1. The molecule has 0 saturated heterocycles. The lowest BCUT2D eigenvalue weighted by molar-refractivity contribution is 0.259. The summed E-state index contributed by atoms with van der Waals surface area (Å²) in [6.45, 7) is 4.93. The first-order valence-corrected chi connectivity index (χ1v) is 11.4. The summed E-state index contributed by atoms with van der Waals surface area (Å²) in [7, 11) is 0. The second-order valence-corrected chi connectivity index (χ2v) is 8.33. The SMILES string of the molecule is CCCOc1ccc(C2Oc3ccc4c(c3C(C)=C2c2cccc(O)c2)C=CCC=N4)cc1. The Morgan fingerprint density at radius 3 is 2.73 bits per heavy atom. The highest BCUT2D eigenvalue weighted by Gasteiger charge is 2.31. The van der Waals surface area contributed by atoms with E-state index >= 15 is 0 Å². The minimum Gasteiger partial charge on any atom is -0.508 e. The molecule has 1 unspecified atom stereocenters. The molecule has 0 bridgehead atoms. The third-order valence-corrected chi connectivity index (χ3v) is 6.04. The van der Waals surface area contributed by atoms with Gasteiger partial charge in [-0.25, -0.2) is 0 Å². The van der Waals surface area contributed by atoms with Crippen molar-refractivity contribution in [3.63, 3.8) is 0 Å². The molecule has 2 aliphatic heterocycles. The number of phenols is 1. The number of fused-ring (bicyclic) bond motifs is 3. The summed E-state index contributed by atoms with van der Waals surface area (Å²) in [6, 6.07) is 19.5. The predicted octanol–water partition coefficient (Wildman–Crippen LogP) is 7.36. The lowest BCUT2D eigenvalue weighted by Gasteiger charge is -2.32. The minimum absolute atomic E-state index is 0.233. The van der Waals surface area contributed by atoms with E-state index in [4.69, 9.17) is 9.47 Å². The normalized spacial score (nSPS) is 16.6. The maximum Gasteiger partial charge on any atom is 0.150 e. The Labute approximate surface area is 194 Å². The molecule has 166 valence electrons. The number of allylic oxidation sites excluding steroid dienone is 2. The summed E-state index contributed by atoms with van der Waals surface area (Å²) in [6.07, 6.45) is 7.65. The van der Waals surface area contributed by atoms with Crippen LogP contribution < -0.4 is 9.47 Å². The van der Waals surface area contributed by atoms with Crippen LogP contribution in [0.1, 0.15) is 55.0 Å². The summed E-state index contributed by atoms with van der Waals surface area (Å²) in [5.41, 5.74) is 7.20. The number of hydrogen-bond donors (Lipinski definition) is 1. The molecule has 33 heavy (non-hydrogen) atoms. The highest BCUT2D eigenvalue weighted by atomic mass is 16.5. The Hall–Kier alpha value is -3.79. The zero-order chi connectivity index (χ0) is 22.8. The second-order valence-electron chi connectivity index (χ2n) is 8.33. The molecule has 4 heteroatoms. The van der Waals surface area contributed by atoms with E-state index in [1.54, 1.807) is 12.1 Å². The van der Waals surface area contributed by atoms with Crippen LogP contribution in [0.4, 0.5) is 5.69 Å². The van der Waals surface area contributed by atoms with Crippen molar-refractivity contribution in [3.8, 4) is 17.2 Å². The Bertz CT molecular complexity index is 1270. The van der Waals surface area contributed by atoms with Gasteiger partial charge >= 0.3 is 0 Å². The first-order chi connectivity index (χ1) is 16.2. The molecule has 1 atom stereocenters. The number of hydrogen-bond acceptors (Lipinski definition) is 4. The van der Waals surface area contributed by atoms with Crippen molar-refractivity contribution in [2.75, 3.05) is 6.61 Å². The van der Waals surface area contributed by atoms with Crippen LogP contribution in [0.15, 0.2) is 71.7 Å². The number of ether oxygens (including phenoxy) is 2. The highest BCUT2D eigenvalue weighted by molar-refractivity contribution is 5.99. The zero-order valence-electron chi connectivity index (χ0n) is 18.9. The van der Waals surface area contributed by atoms with Gasteiger partial charge in [-0.05, 0) is 66.4 Å². The van der Waals surface area contributed by atoms with E-state index in [-0.39, 0.29) is 11.9 Å². The first-order valence-electron chi connectivity index (χ1n) is 11.4. The van der Waals surface area contributed by atoms with Crippen molar-refractivity contribution in [1.82, 2.24) is 0 Å². The van der Waals surface area contributed by atoms with Crippen molar-refractivity contribution in [1.29, 1.82) is 0 Å². The summed E-state index contributed by atoms with van der Waals surface area (Å²) < 4.78 is 12.4. The van der Waals surface area contributed by atoms with E-state index in [0.717, 1.165) is 63.4 Å². The fourth-order valence-electron chi connectivity index (χ4n) is 4.50. The van der Waals surface area contributed by atoms with Crippen molar-refractivity contribution >= 4 is 29.1 Å². The molecule has 0 amide bonds. The first kappa shape index (κ1) is 21.1. The van der Waals surface area contributed by atoms with Gasteiger partial charge in [0.1, 0.15) is 23.4 Å². The predicted molar refractivity (Wildman–Crippen MR) is 134 cm³/mol. The average molecular weight is 438 g/mol. The van der Waals surface area contributed by atoms with Crippen molar-refractivity contribution in [2.45, 2.75) is 32.8 Å². The largest absolute Gasteiger partial charge is 0.508 e. The van der Waals surface area contributed by atoms with Gasteiger partial charge in [-0.15, -0.1) is 0 Å². The third-order valence-electron chi connectivity index (χ3n) is 6.04. The Morgan fingerprint density at radius 2 is 1.94 bits per heavy atom. The van der Waals surface area contributed by atoms with Crippen LogP contribution in [0.25, 0.3) is 17.2 Å². The molecular formula is C29H27NO3. The van der Waals surface area contributed by atoms with Gasteiger partial charge in [-0.3, -0.25) is 4.99 Å². The summed E-state index contributed by atoms with van der Waals surface area (Å²) in [5, 5.41) is 10.2. The van der Waals surface area contributed by atoms with Crippen LogP contribution in [0.3, 0.4) is 0 Å². The summed E-state index contributed by atoms with van der Waals surface area (Å²) >= 11 is 0. The average Bonchev–Trinajstić information content (AvgIpc) is 3.08. The van der Waals surface area contributed by atoms with Gasteiger partial charge in [0.25, 0.3) is 0 Å². The van der Waals surface area contributed by atoms with E-state index in [9.17, 15) is 5.11 Å². The van der Waals surface area contributed by atoms with E-state index in [0.29, 0.717) is 6.61 Å². The van der Waals surface area contributed by atoms with E-state index in [2.05, 4.69) is 43.1 Å². The lowest BCUT2D eigenvalue weighted by atomic mass is 9.84. The molecule has 0 aromatic heterocycles. The van der Waals surface area contributed by atoms with Gasteiger partial charge in [-0.2, -0.15) is 0 Å². The molecule has 0 fully saturated rings. The number of aliphatic imine (C=N–C) groups is 1. The Balaban J connectivity index is 1.67. The van der Waals surface area contributed by atoms with Gasteiger partial charge in [0, 0.05) is 29.3 Å². The van der Waals surface area contributed by atoms with Crippen LogP contribution in [-0.4, -0.2) is 17.9 Å². The molecule has 3 aromatic rings.